The summed E-state index contributed by atoms with van der Waals surface area (Å²) in [6.07, 6.45) is 0.936. The predicted molar refractivity (Wildman–Crippen MR) is 111 cm³/mol. The highest BCUT2D eigenvalue weighted by atomic mass is 19.1. The number of halogens is 1. The zero-order valence-corrected chi connectivity index (χ0v) is 17.3. The van der Waals surface area contributed by atoms with Crippen molar-refractivity contribution in [2.45, 2.75) is 25.8 Å². The molecule has 3 amide bonds. The average Bonchev–Trinajstić information content (AvgIpc) is 2.77. The van der Waals surface area contributed by atoms with E-state index >= 15 is 0 Å². The number of fused-ring (bicyclic) bond motifs is 1. The van der Waals surface area contributed by atoms with Crippen LogP contribution in [0.5, 0.6) is 11.5 Å². The number of nitrogens with zero attached hydrogens (tertiary/aromatic N) is 1. The van der Waals surface area contributed by atoms with Gasteiger partial charge in [0.2, 0.25) is 5.91 Å². The van der Waals surface area contributed by atoms with Gasteiger partial charge in [-0.2, -0.15) is 0 Å². The van der Waals surface area contributed by atoms with E-state index in [0.29, 0.717) is 30.9 Å². The molecule has 0 aliphatic carbocycles. The van der Waals surface area contributed by atoms with E-state index in [9.17, 15) is 14.0 Å². The molecule has 30 heavy (non-hydrogen) atoms. The molecule has 0 saturated heterocycles. The average molecular weight is 415 g/mol. The monoisotopic (exact) mass is 415 g/mol. The van der Waals surface area contributed by atoms with Crippen LogP contribution in [0.15, 0.2) is 36.4 Å². The Morgan fingerprint density at radius 1 is 1.17 bits per heavy atom. The summed E-state index contributed by atoms with van der Waals surface area (Å²) in [6, 6.07) is 8.87. The first-order valence-electron chi connectivity index (χ1n) is 9.82. The number of amides is 3. The highest BCUT2D eigenvalue weighted by Gasteiger charge is 2.32. The molecule has 1 heterocycles. The Morgan fingerprint density at radius 2 is 1.87 bits per heavy atom. The van der Waals surface area contributed by atoms with Crippen molar-refractivity contribution in [2.24, 2.45) is 0 Å². The molecule has 2 aromatic rings. The number of rotatable bonds is 6. The van der Waals surface area contributed by atoms with Crippen LogP contribution in [-0.2, 0) is 11.2 Å². The van der Waals surface area contributed by atoms with Crippen molar-refractivity contribution < 1.29 is 23.5 Å². The van der Waals surface area contributed by atoms with Crippen LogP contribution in [0, 0.1) is 5.82 Å². The molecule has 0 radical (unpaired) electrons. The first kappa shape index (κ1) is 21.4. The minimum Gasteiger partial charge on any atom is -0.493 e. The number of benzene rings is 2. The largest absolute Gasteiger partial charge is 0.493 e. The Morgan fingerprint density at radius 3 is 2.53 bits per heavy atom. The van der Waals surface area contributed by atoms with Crippen LogP contribution in [0.4, 0.5) is 14.9 Å². The second-order valence-electron chi connectivity index (χ2n) is 6.93. The maximum absolute atomic E-state index is 14.0. The van der Waals surface area contributed by atoms with Gasteiger partial charge in [0.15, 0.2) is 11.5 Å². The molecule has 1 unspecified atom stereocenters. The van der Waals surface area contributed by atoms with Crippen LogP contribution in [0.3, 0.4) is 0 Å². The fourth-order valence-corrected chi connectivity index (χ4v) is 3.58. The van der Waals surface area contributed by atoms with Crippen molar-refractivity contribution in [3.05, 3.63) is 53.3 Å². The summed E-state index contributed by atoms with van der Waals surface area (Å²) in [5, 5.41) is 5.50. The molecular formula is C22H26FN3O4. The van der Waals surface area contributed by atoms with Gasteiger partial charge in [-0.3, -0.25) is 4.79 Å². The van der Waals surface area contributed by atoms with Crippen LogP contribution >= 0.6 is 0 Å². The summed E-state index contributed by atoms with van der Waals surface area (Å²) in [7, 11) is 3.11. The van der Waals surface area contributed by atoms with Crippen molar-refractivity contribution in [2.75, 3.05) is 32.6 Å². The maximum atomic E-state index is 14.0. The first-order chi connectivity index (χ1) is 14.5. The third-order valence-corrected chi connectivity index (χ3v) is 5.19. The molecule has 0 spiro atoms. The second-order valence-corrected chi connectivity index (χ2v) is 6.93. The highest BCUT2D eigenvalue weighted by molar-refractivity contribution is 5.90. The number of nitrogens with one attached hydrogen (secondary N) is 2. The zero-order chi connectivity index (χ0) is 21.7. The van der Waals surface area contributed by atoms with Crippen molar-refractivity contribution in [3.8, 4) is 11.5 Å². The second kappa shape index (κ2) is 9.47. The summed E-state index contributed by atoms with van der Waals surface area (Å²) < 4.78 is 24.8. The predicted octanol–water partition coefficient (Wildman–Crippen LogP) is 3.50. The molecule has 1 aliphatic heterocycles. The van der Waals surface area contributed by atoms with E-state index < -0.39 is 17.9 Å². The molecule has 3 rings (SSSR count). The molecule has 2 N–H and O–H groups in total. The Balaban J connectivity index is 1.93. The molecule has 1 aliphatic rings. The third-order valence-electron chi connectivity index (χ3n) is 5.19. The Kier molecular flexibility index (Phi) is 6.76. The van der Waals surface area contributed by atoms with Gasteiger partial charge in [0, 0.05) is 19.5 Å². The summed E-state index contributed by atoms with van der Waals surface area (Å²) in [6.45, 7) is 2.41. The highest BCUT2D eigenvalue weighted by Crippen LogP contribution is 2.38. The van der Waals surface area contributed by atoms with Crippen molar-refractivity contribution in [1.82, 2.24) is 10.2 Å². The van der Waals surface area contributed by atoms with Gasteiger partial charge in [0.1, 0.15) is 5.82 Å². The fraction of sp³-hybridized carbons (Fsp3) is 0.364. The fourth-order valence-electron chi connectivity index (χ4n) is 3.58. The number of para-hydroxylation sites is 1. The Bertz CT molecular complexity index is 935. The van der Waals surface area contributed by atoms with E-state index in [2.05, 4.69) is 10.6 Å². The quantitative estimate of drug-likeness (QED) is 0.757. The smallest absolute Gasteiger partial charge is 0.322 e. The van der Waals surface area contributed by atoms with E-state index in [1.165, 1.54) is 12.1 Å². The van der Waals surface area contributed by atoms with E-state index in [0.717, 1.165) is 11.1 Å². The maximum Gasteiger partial charge on any atom is 0.322 e. The first-order valence-corrected chi connectivity index (χ1v) is 9.82. The van der Waals surface area contributed by atoms with Crippen LogP contribution < -0.4 is 20.1 Å². The number of methoxy groups -OCH3 is 2. The SMILES string of the molecule is CCC(=O)NCC1c2cc(OC)c(OC)cc2CCN1C(=O)Nc1ccccc1F. The van der Waals surface area contributed by atoms with Gasteiger partial charge in [-0.05, 0) is 41.8 Å². The molecule has 0 bridgehead atoms. The van der Waals surface area contributed by atoms with Gasteiger partial charge in [0.05, 0.1) is 25.9 Å². The lowest BCUT2D eigenvalue weighted by molar-refractivity contribution is -0.121. The van der Waals surface area contributed by atoms with Gasteiger partial charge >= 0.3 is 6.03 Å². The lowest BCUT2D eigenvalue weighted by Gasteiger charge is -2.38. The van der Waals surface area contributed by atoms with Gasteiger partial charge in [-0.1, -0.05) is 19.1 Å². The standard InChI is InChI=1S/C22H26FN3O4/c1-4-21(27)24-13-18-15-12-20(30-3)19(29-2)11-14(15)9-10-26(18)22(28)25-17-8-6-5-7-16(17)23/h5-8,11-12,18H,4,9-10,13H2,1-3H3,(H,24,27)(H,25,28). The number of hydrogen-bond donors (Lipinski definition) is 2. The molecule has 0 aromatic heterocycles. The molecule has 0 saturated carbocycles. The lowest BCUT2D eigenvalue weighted by atomic mass is 9.91. The summed E-state index contributed by atoms with van der Waals surface area (Å²) >= 11 is 0. The lowest BCUT2D eigenvalue weighted by Crippen LogP contribution is -2.46. The summed E-state index contributed by atoms with van der Waals surface area (Å²) in [5.74, 6) is 0.527. The molecule has 2 aromatic carbocycles. The molecule has 160 valence electrons. The van der Waals surface area contributed by atoms with Gasteiger partial charge in [-0.15, -0.1) is 0 Å². The minimum absolute atomic E-state index is 0.108. The van der Waals surface area contributed by atoms with Crippen LogP contribution in [0.1, 0.15) is 30.5 Å². The van der Waals surface area contributed by atoms with Crippen LogP contribution in [0.25, 0.3) is 0 Å². The summed E-state index contributed by atoms with van der Waals surface area (Å²) in [5.41, 5.74) is 1.98. The molecule has 8 heteroatoms. The number of carbonyl (C=O) groups is 2. The van der Waals surface area contributed by atoms with Crippen molar-refractivity contribution >= 4 is 17.6 Å². The Labute approximate surface area is 175 Å². The third kappa shape index (κ3) is 4.48. The molecule has 7 nitrogen and oxygen atoms in total. The van der Waals surface area contributed by atoms with E-state index in [1.807, 2.05) is 12.1 Å². The van der Waals surface area contributed by atoms with Gasteiger partial charge < -0.3 is 25.0 Å². The topological polar surface area (TPSA) is 79.9 Å². The summed E-state index contributed by atoms with van der Waals surface area (Å²) in [4.78, 5) is 26.5. The van der Waals surface area contributed by atoms with E-state index in [1.54, 1.807) is 38.2 Å². The van der Waals surface area contributed by atoms with Crippen LogP contribution in [0.2, 0.25) is 0 Å². The van der Waals surface area contributed by atoms with Gasteiger partial charge in [0.25, 0.3) is 0 Å². The zero-order valence-electron chi connectivity index (χ0n) is 17.3. The van der Waals surface area contributed by atoms with E-state index in [4.69, 9.17) is 9.47 Å². The molecular weight excluding hydrogens is 389 g/mol. The van der Waals surface area contributed by atoms with Gasteiger partial charge in [-0.25, -0.2) is 9.18 Å². The normalized spacial score (nSPS) is 15.2. The van der Waals surface area contributed by atoms with E-state index in [-0.39, 0.29) is 18.1 Å². The number of urea groups is 1. The molecule has 1 atom stereocenters. The number of anilines is 1. The number of carbonyl (C=O) groups excluding carboxylic acids is 2. The number of hydrogen-bond acceptors (Lipinski definition) is 4. The van der Waals surface area contributed by atoms with Crippen molar-refractivity contribution in [1.29, 1.82) is 0 Å². The van der Waals surface area contributed by atoms with Crippen molar-refractivity contribution in [3.63, 3.8) is 0 Å². The minimum atomic E-state index is -0.509. The van der Waals surface area contributed by atoms with Crippen LogP contribution in [-0.4, -0.2) is 44.1 Å². The number of ether oxygens (including phenoxy) is 2. The molecule has 0 fully saturated rings. The Hall–Kier alpha value is -3.29.